The van der Waals surface area contributed by atoms with Gasteiger partial charge in [0, 0.05) is 13.0 Å². The van der Waals surface area contributed by atoms with Gasteiger partial charge in [-0.2, -0.15) is 13.2 Å². The number of hydrogen-bond donors (Lipinski definition) is 2. The summed E-state index contributed by atoms with van der Waals surface area (Å²) in [6.07, 6.45) is -5.51. The Hall–Kier alpha value is -2.25. The molecule has 20 heavy (non-hydrogen) atoms. The van der Waals surface area contributed by atoms with Crippen LogP contribution >= 0.6 is 0 Å². The van der Waals surface area contributed by atoms with E-state index in [-0.39, 0.29) is 24.0 Å². The van der Waals surface area contributed by atoms with Gasteiger partial charge < -0.3 is 10.1 Å². The summed E-state index contributed by atoms with van der Waals surface area (Å²) in [5, 5.41) is 8.88. The van der Waals surface area contributed by atoms with Crippen molar-refractivity contribution in [3.63, 3.8) is 0 Å². The Morgan fingerprint density at radius 2 is 2.05 bits per heavy atom. The van der Waals surface area contributed by atoms with Crippen molar-refractivity contribution in [2.24, 2.45) is 0 Å². The fourth-order valence-corrected chi connectivity index (χ4v) is 1.95. The molecular weight excluding hydrogens is 277 g/mol. The average Bonchev–Trinajstić information content (AvgIpc) is 2.63. The molecule has 0 bridgehead atoms. The molecule has 0 fully saturated rings. The van der Waals surface area contributed by atoms with Crippen LogP contribution in [0.2, 0.25) is 0 Å². The molecule has 2 aromatic rings. The van der Waals surface area contributed by atoms with Gasteiger partial charge in [-0.15, -0.1) is 0 Å². The number of H-pyrrole nitrogens is 1. The summed E-state index contributed by atoms with van der Waals surface area (Å²) >= 11 is 0. The van der Waals surface area contributed by atoms with Crippen molar-refractivity contribution in [1.82, 2.24) is 9.55 Å². The van der Waals surface area contributed by atoms with Gasteiger partial charge in [-0.3, -0.25) is 4.57 Å². The van der Waals surface area contributed by atoms with Crippen molar-refractivity contribution in [1.29, 1.82) is 0 Å². The second kappa shape index (κ2) is 5.03. The minimum Gasteiger partial charge on any atom is -0.478 e. The predicted octanol–water partition coefficient (Wildman–Crippen LogP) is 2.37. The molecule has 1 aromatic heterocycles. The molecule has 8 heteroatoms. The van der Waals surface area contributed by atoms with E-state index in [2.05, 4.69) is 4.98 Å². The topological polar surface area (TPSA) is 75.1 Å². The van der Waals surface area contributed by atoms with E-state index in [1.807, 2.05) is 0 Å². The van der Waals surface area contributed by atoms with Crippen molar-refractivity contribution in [3.05, 3.63) is 34.2 Å². The van der Waals surface area contributed by atoms with Crippen molar-refractivity contribution >= 4 is 17.0 Å². The lowest BCUT2D eigenvalue weighted by Crippen LogP contribution is -2.18. The number of nitrogens with one attached hydrogen (secondary N) is 1. The zero-order valence-electron chi connectivity index (χ0n) is 10.2. The highest BCUT2D eigenvalue weighted by Crippen LogP contribution is 2.22. The van der Waals surface area contributed by atoms with Crippen LogP contribution < -0.4 is 5.69 Å². The standard InChI is InChI=1S/C12H11F3N2O3/c13-12(14,15)4-1-5-17-9-6-7(10(18)19)2-3-8(9)16-11(17)20/h2-3,6H,1,4-5H2,(H,16,20)(H,18,19). The molecule has 0 unspecified atom stereocenters. The summed E-state index contributed by atoms with van der Waals surface area (Å²) in [4.78, 5) is 25.0. The van der Waals surface area contributed by atoms with Crippen LogP contribution in [-0.4, -0.2) is 26.8 Å². The van der Waals surface area contributed by atoms with E-state index in [0.29, 0.717) is 5.52 Å². The highest BCUT2D eigenvalue weighted by atomic mass is 19.4. The second-order valence-electron chi connectivity index (χ2n) is 4.34. The molecule has 5 nitrogen and oxygen atoms in total. The zero-order valence-corrected chi connectivity index (χ0v) is 10.2. The summed E-state index contributed by atoms with van der Waals surface area (Å²) in [6, 6.07) is 4.00. The molecule has 0 amide bonds. The number of rotatable bonds is 4. The predicted molar refractivity (Wildman–Crippen MR) is 64.8 cm³/mol. The molecule has 2 rings (SSSR count). The van der Waals surface area contributed by atoms with Crippen molar-refractivity contribution in [2.45, 2.75) is 25.6 Å². The Balaban J connectivity index is 2.32. The van der Waals surface area contributed by atoms with Gasteiger partial charge in [0.05, 0.1) is 16.6 Å². The van der Waals surface area contributed by atoms with Crippen LogP contribution in [0, 0.1) is 0 Å². The number of aromatic amines is 1. The summed E-state index contributed by atoms with van der Waals surface area (Å²) in [6.45, 7) is -0.124. The number of nitrogens with zero attached hydrogens (tertiary/aromatic N) is 1. The molecule has 0 spiro atoms. The zero-order chi connectivity index (χ0) is 14.9. The molecule has 1 aromatic carbocycles. The van der Waals surface area contributed by atoms with Crippen molar-refractivity contribution < 1.29 is 23.1 Å². The Labute approximate surface area is 110 Å². The number of fused-ring (bicyclic) bond motifs is 1. The Bertz CT molecular complexity index is 700. The van der Waals surface area contributed by atoms with Gasteiger partial charge in [0.1, 0.15) is 0 Å². The Kier molecular flexibility index (Phi) is 3.56. The van der Waals surface area contributed by atoms with Gasteiger partial charge in [-0.1, -0.05) is 0 Å². The summed E-state index contributed by atoms with van der Waals surface area (Å²) in [5.74, 6) is -1.16. The van der Waals surface area contributed by atoms with Gasteiger partial charge >= 0.3 is 17.8 Å². The van der Waals surface area contributed by atoms with Gasteiger partial charge in [-0.05, 0) is 24.6 Å². The smallest absolute Gasteiger partial charge is 0.389 e. The minimum atomic E-state index is -4.28. The number of halogens is 3. The molecule has 0 radical (unpaired) electrons. The molecule has 0 aliphatic rings. The fraction of sp³-hybridized carbons (Fsp3) is 0.333. The van der Waals surface area contributed by atoms with Gasteiger partial charge in [0.25, 0.3) is 0 Å². The number of alkyl halides is 3. The van der Waals surface area contributed by atoms with Gasteiger partial charge in [0.2, 0.25) is 0 Å². The molecule has 0 aliphatic heterocycles. The number of aromatic nitrogens is 2. The molecule has 0 atom stereocenters. The minimum absolute atomic E-state index is 0.0268. The van der Waals surface area contributed by atoms with E-state index in [9.17, 15) is 22.8 Å². The van der Waals surface area contributed by atoms with E-state index >= 15 is 0 Å². The van der Waals surface area contributed by atoms with E-state index < -0.39 is 24.3 Å². The number of benzene rings is 1. The van der Waals surface area contributed by atoms with E-state index in [4.69, 9.17) is 5.11 Å². The summed E-state index contributed by atoms with van der Waals surface area (Å²) < 4.78 is 37.4. The quantitative estimate of drug-likeness (QED) is 0.907. The summed E-state index contributed by atoms with van der Waals surface area (Å²) in [7, 11) is 0. The van der Waals surface area contributed by atoms with E-state index in [1.165, 1.54) is 18.2 Å². The van der Waals surface area contributed by atoms with Gasteiger partial charge in [0.15, 0.2) is 0 Å². The third-order valence-electron chi connectivity index (χ3n) is 2.86. The van der Waals surface area contributed by atoms with Gasteiger partial charge in [-0.25, -0.2) is 9.59 Å². The number of imidazole rings is 1. The first-order valence-corrected chi connectivity index (χ1v) is 5.80. The third kappa shape index (κ3) is 3.01. The Morgan fingerprint density at radius 3 is 2.65 bits per heavy atom. The molecule has 0 saturated heterocycles. The van der Waals surface area contributed by atoms with Crippen LogP contribution in [0.4, 0.5) is 13.2 Å². The number of carboxylic acids is 1. The summed E-state index contributed by atoms with van der Waals surface area (Å²) in [5.41, 5.74) is 0.106. The van der Waals surface area contributed by atoms with Crippen LogP contribution in [-0.2, 0) is 6.54 Å². The lowest BCUT2D eigenvalue weighted by Gasteiger charge is -2.07. The number of carbonyl (C=O) groups is 1. The highest BCUT2D eigenvalue weighted by Gasteiger charge is 2.26. The number of carboxylic acid groups (broad SMARTS) is 1. The molecule has 1 heterocycles. The van der Waals surface area contributed by atoms with Crippen LogP contribution in [0.15, 0.2) is 23.0 Å². The first-order chi connectivity index (χ1) is 9.28. The van der Waals surface area contributed by atoms with E-state index in [1.54, 1.807) is 0 Å². The SMILES string of the molecule is O=C(O)c1ccc2[nH]c(=O)n(CCCC(F)(F)F)c2c1. The van der Waals surface area contributed by atoms with Crippen LogP contribution in [0.1, 0.15) is 23.2 Å². The first kappa shape index (κ1) is 14.2. The molecule has 0 saturated carbocycles. The lowest BCUT2D eigenvalue weighted by molar-refractivity contribution is -0.135. The van der Waals surface area contributed by atoms with Crippen molar-refractivity contribution in [2.75, 3.05) is 0 Å². The fourth-order valence-electron chi connectivity index (χ4n) is 1.95. The largest absolute Gasteiger partial charge is 0.478 e. The molecule has 0 aliphatic carbocycles. The molecule has 108 valence electrons. The number of aromatic carboxylic acids is 1. The maximum absolute atomic E-state index is 12.1. The average molecular weight is 288 g/mol. The lowest BCUT2D eigenvalue weighted by atomic mass is 10.2. The van der Waals surface area contributed by atoms with Crippen molar-refractivity contribution in [3.8, 4) is 0 Å². The van der Waals surface area contributed by atoms with E-state index in [0.717, 1.165) is 4.57 Å². The normalized spacial score (nSPS) is 11.9. The molecule has 2 N–H and O–H groups in total. The van der Waals surface area contributed by atoms with Crippen LogP contribution in [0.3, 0.4) is 0 Å². The monoisotopic (exact) mass is 288 g/mol. The number of aryl methyl sites for hydroxylation is 1. The number of hydrogen-bond acceptors (Lipinski definition) is 2. The first-order valence-electron chi connectivity index (χ1n) is 5.80. The van der Waals surface area contributed by atoms with Crippen LogP contribution in [0.25, 0.3) is 11.0 Å². The second-order valence-corrected chi connectivity index (χ2v) is 4.34. The maximum atomic E-state index is 12.1. The maximum Gasteiger partial charge on any atom is 0.389 e. The third-order valence-corrected chi connectivity index (χ3v) is 2.86. The van der Waals surface area contributed by atoms with Crippen LogP contribution in [0.5, 0.6) is 0 Å². The highest BCUT2D eigenvalue weighted by molar-refractivity contribution is 5.92. The molecular formula is C12H11F3N2O3. The Morgan fingerprint density at radius 1 is 1.35 bits per heavy atom.